The van der Waals surface area contributed by atoms with Gasteiger partial charge in [0.05, 0.1) is 13.2 Å². The maximum absolute atomic E-state index is 12.3. The molecule has 0 saturated carbocycles. The first-order valence-corrected chi connectivity index (χ1v) is 19.8. The number of rotatable bonds is 32. The van der Waals surface area contributed by atoms with Crippen molar-refractivity contribution in [1.29, 1.82) is 0 Å². The number of allylic oxidation sites excluding steroid dienone is 8. The Kier molecular flexibility index (Phi) is 30.8. The van der Waals surface area contributed by atoms with Crippen molar-refractivity contribution >= 4 is 11.9 Å². The first-order valence-electron chi connectivity index (χ1n) is 19.8. The molecular formula is C42H73NO4. The number of carbonyl (C=O) groups excluding carboxylic acids is 2. The van der Waals surface area contributed by atoms with Crippen molar-refractivity contribution in [1.82, 2.24) is 5.32 Å². The van der Waals surface area contributed by atoms with E-state index < -0.39 is 0 Å². The summed E-state index contributed by atoms with van der Waals surface area (Å²) in [7, 11) is 0. The van der Waals surface area contributed by atoms with Gasteiger partial charge in [-0.25, -0.2) is 0 Å². The standard InChI is InChI=1S/C42H73NO4/c1-3-5-7-9-11-13-15-17-19-21-23-25-27-29-31-33-41(44)46-37-39-35-43-36-40(39)38-47-42(45)34-32-30-28-26-24-22-20-18-16-14-12-10-8-6-4-2/h11-14,17-20,39-40,43H,3-10,15-16,21-38H2,1-2H3/b13-11-,14-12-,19-17-,20-18-/t39-,40-/m1/s1. The predicted molar refractivity (Wildman–Crippen MR) is 200 cm³/mol. The van der Waals surface area contributed by atoms with Crippen molar-refractivity contribution in [2.75, 3.05) is 26.3 Å². The first-order chi connectivity index (χ1) is 23.2. The molecule has 0 radical (unpaired) electrons. The van der Waals surface area contributed by atoms with Crippen molar-refractivity contribution in [2.24, 2.45) is 11.8 Å². The van der Waals surface area contributed by atoms with Gasteiger partial charge in [0.2, 0.25) is 0 Å². The number of carbonyl (C=O) groups is 2. The van der Waals surface area contributed by atoms with Gasteiger partial charge in [-0.1, -0.05) is 127 Å². The van der Waals surface area contributed by atoms with Gasteiger partial charge in [-0.05, 0) is 77.0 Å². The van der Waals surface area contributed by atoms with Gasteiger partial charge < -0.3 is 14.8 Å². The first kappa shape index (κ1) is 42.9. The van der Waals surface area contributed by atoms with E-state index in [2.05, 4.69) is 67.8 Å². The van der Waals surface area contributed by atoms with E-state index in [1.165, 1.54) is 89.9 Å². The van der Waals surface area contributed by atoms with Crippen LogP contribution < -0.4 is 5.32 Å². The summed E-state index contributed by atoms with van der Waals surface area (Å²) in [5.74, 6) is 0.235. The lowest BCUT2D eigenvalue weighted by Gasteiger charge is -2.18. The zero-order valence-corrected chi connectivity index (χ0v) is 30.7. The lowest BCUT2D eigenvalue weighted by Crippen LogP contribution is -2.25. The van der Waals surface area contributed by atoms with Crippen LogP contribution in [0, 0.1) is 11.8 Å². The SMILES string of the molecule is CCCCC/C=C\C/C=C\CCCCCCCC(=O)OC[C@H]1CNC[C@@H]1COC(=O)CCCCCCC/C=C\C/C=C\CCCCC. The molecule has 0 bridgehead atoms. The van der Waals surface area contributed by atoms with Crippen LogP contribution in [-0.4, -0.2) is 38.2 Å². The lowest BCUT2D eigenvalue weighted by atomic mass is 9.98. The van der Waals surface area contributed by atoms with E-state index in [4.69, 9.17) is 9.47 Å². The van der Waals surface area contributed by atoms with Crippen LogP contribution in [0.4, 0.5) is 0 Å². The molecule has 1 aliphatic rings. The van der Waals surface area contributed by atoms with Crippen LogP contribution in [0.5, 0.6) is 0 Å². The molecule has 0 aliphatic carbocycles. The van der Waals surface area contributed by atoms with Gasteiger partial charge in [-0.3, -0.25) is 9.59 Å². The van der Waals surface area contributed by atoms with Gasteiger partial charge in [0.25, 0.3) is 0 Å². The molecule has 1 rings (SSSR count). The molecule has 2 atom stereocenters. The largest absolute Gasteiger partial charge is 0.465 e. The Morgan fingerprint density at radius 3 is 1.21 bits per heavy atom. The van der Waals surface area contributed by atoms with Gasteiger partial charge in [0.1, 0.15) is 0 Å². The zero-order valence-electron chi connectivity index (χ0n) is 30.7. The second-order valence-electron chi connectivity index (χ2n) is 13.5. The molecule has 0 aromatic heterocycles. The number of esters is 2. The molecule has 5 nitrogen and oxygen atoms in total. The second-order valence-corrected chi connectivity index (χ2v) is 13.5. The molecule has 5 heteroatoms. The topological polar surface area (TPSA) is 64.6 Å². The lowest BCUT2D eigenvalue weighted by molar-refractivity contribution is -0.149. The number of hydrogen-bond acceptors (Lipinski definition) is 5. The number of hydrogen-bond donors (Lipinski definition) is 1. The Hall–Kier alpha value is -2.14. The van der Waals surface area contributed by atoms with Gasteiger partial charge in [-0.2, -0.15) is 0 Å². The number of nitrogens with one attached hydrogen (secondary N) is 1. The van der Waals surface area contributed by atoms with Crippen molar-refractivity contribution in [2.45, 2.75) is 168 Å². The Labute approximate surface area is 290 Å². The molecule has 0 unspecified atom stereocenters. The maximum Gasteiger partial charge on any atom is 0.305 e. The fourth-order valence-electron chi connectivity index (χ4n) is 5.88. The molecule has 1 fully saturated rings. The van der Waals surface area contributed by atoms with Gasteiger partial charge in [-0.15, -0.1) is 0 Å². The average Bonchev–Trinajstić information content (AvgIpc) is 3.53. The zero-order chi connectivity index (χ0) is 33.9. The molecule has 0 aromatic carbocycles. The molecule has 1 aliphatic heterocycles. The summed E-state index contributed by atoms with van der Waals surface area (Å²) in [6, 6.07) is 0. The average molecular weight is 656 g/mol. The summed E-state index contributed by atoms with van der Waals surface area (Å²) in [6.45, 7) is 6.94. The van der Waals surface area contributed by atoms with Crippen LogP contribution in [0.25, 0.3) is 0 Å². The molecule has 1 N–H and O–H groups in total. The highest BCUT2D eigenvalue weighted by Gasteiger charge is 2.29. The molecule has 1 saturated heterocycles. The van der Waals surface area contributed by atoms with Gasteiger partial charge >= 0.3 is 11.9 Å². The Morgan fingerprint density at radius 1 is 0.489 bits per heavy atom. The van der Waals surface area contributed by atoms with Crippen LogP contribution >= 0.6 is 0 Å². The van der Waals surface area contributed by atoms with Gasteiger partial charge in [0.15, 0.2) is 0 Å². The summed E-state index contributed by atoms with van der Waals surface area (Å²) in [6.07, 6.45) is 45.2. The fraction of sp³-hybridized carbons (Fsp3) is 0.762. The minimum absolute atomic E-state index is 0.0975. The van der Waals surface area contributed by atoms with Gasteiger partial charge in [0, 0.05) is 37.8 Å². The van der Waals surface area contributed by atoms with E-state index >= 15 is 0 Å². The summed E-state index contributed by atoms with van der Waals surface area (Å²) in [5, 5.41) is 3.37. The smallest absolute Gasteiger partial charge is 0.305 e. The van der Waals surface area contributed by atoms with E-state index in [0.29, 0.717) is 26.1 Å². The molecule has 0 amide bonds. The van der Waals surface area contributed by atoms with E-state index in [0.717, 1.165) is 64.5 Å². The van der Waals surface area contributed by atoms with E-state index in [1.54, 1.807) is 0 Å². The minimum Gasteiger partial charge on any atom is -0.465 e. The van der Waals surface area contributed by atoms with Crippen LogP contribution in [-0.2, 0) is 19.1 Å². The molecule has 270 valence electrons. The normalized spacial score (nSPS) is 16.8. The fourth-order valence-corrected chi connectivity index (χ4v) is 5.88. The second kappa shape index (κ2) is 33.7. The van der Waals surface area contributed by atoms with Crippen LogP contribution in [0.3, 0.4) is 0 Å². The number of ether oxygens (including phenoxy) is 2. The van der Waals surface area contributed by atoms with E-state index in [1.807, 2.05) is 0 Å². The predicted octanol–water partition coefficient (Wildman–Crippen LogP) is 11.5. The Bertz CT molecular complexity index is 778. The van der Waals surface area contributed by atoms with Crippen LogP contribution in [0.2, 0.25) is 0 Å². The molecular weight excluding hydrogens is 582 g/mol. The minimum atomic E-state index is -0.0975. The van der Waals surface area contributed by atoms with Crippen molar-refractivity contribution in [3.8, 4) is 0 Å². The molecule has 47 heavy (non-hydrogen) atoms. The van der Waals surface area contributed by atoms with Crippen LogP contribution in [0.1, 0.15) is 168 Å². The highest BCUT2D eigenvalue weighted by molar-refractivity contribution is 5.69. The van der Waals surface area contributed by atoms with Crippen molar-refractivity contribution in [3.05, 3.63) is 48.6 Å². The monoisotopic (exact) mass is 656 g/mol. The Morgan fingerprint density at radius 2 is 0.830 bits per heavy atom. The quantitative estimate of drug-likeness (QED) is 0.0444. The van der Waals surface area contributed by atoms with E-state index in [9.17, 15) is 9.59 Å². The number of unbranched alkanes of at least 4 members (excludes halogenated alkanes) is 16. The highest BCUT2D eigenvalue weighted by atomic mass is 16.5. The third-order valence-electron chi connectivity index (χ3n) is 9.06. The van der Waals surface area contributed by atoms with Crippen LogP contribution in [0.15, 0.2) is 48.6 Å². The third kappa shape index (κ3) is 28.6. The molecule has 0 spiro atoms. The highest BCUT2D eigenvalue weighted by Crippen LogP contribution is 2.19. The summed E-state index contributed by atoms with van der Waals surface area (Å²) in [5.41, 5.74) is 0. The molecule has 0 aromatic rings. The third-order valence-corrected chi connectivity index (χ3v) is 9.06. The summed E-state index contributed by atoms with van der Waals surface area (Å²) in [4.78, 5) is 24.6. The summed E-state index contributed by atoms with van der Waals surface area (Å²) >= 11 is 0. The van der Waals surface area contributed by atoms with E-state index in [-0.39, 0.29) is 23.8 Å². The summed E-state index contributed by atoms with van der Waals surface area (Å²) < 4.78 is 11.2. The van der Waals surface area contributed by atoms with Crippen molar-refractivity contribution < 1.29 is 19.1 Å². The maximum atomic E-state index is 12.3. The Balaban J connectivity index is 1.95. The molecule has 1 heterocycles. The van der Waals surface area contributed by atoms with Crippen molar-refractivity contribution in [3.63, 3.8) is 0 Å².